The molecule has 1 aromatic heterocycles. The van der Waals surface area contributed by atoms with Gasteiger partial charge in [-0.05, 0) is 24.3 Å². The Morgan fingerprint density at radius 3 is 2.65 bits per heavy atom. The number of benzene rings is 1. The van der Waals surface area contributed by atoms with Gasteiger partial charge in [0.2, 0.25) is 0 Å². The van der Waals surface area contributed by atoms with Crippen LogP contribution >= 0.6 is 0 Å². The summed E-state index contributed by atoms with van der Waals surface area (Å²) < 4.78 is 13.0. The predicted molar refractivity (Wildman–Crippen MR) is 61.4 cm³/mol. The molecule has 0 N–H and O–H groups in total. The molecular weight excluding hydrogens is 219 g/mol. The largest absolute Gasteiger partial charge is 0.265 e. The van der Waals surface area contributed by atoms with Crippen molar-refractivity contribution >= 4 is 5.82 Å². The highest BCUT2D eigenvalue weighted by Gasteiger charge is 2.04. The fraction of sp³-hybridized carbons (Fsp3) is 0.0833. The molecule has 0 radical (unpaired) electrons. The van der Waals surface area contributed by atoms with Crippen molar-refractivity contribution in [3.05, 3.63) is 42.2 Å². The Morgan fingerprint density at radius 2 is 2.06 bits per heavy atom. The first-order chi connectivity index (χ1) is 8.20. The van der Waals surface area contributed by atoms with Gasteiger partial charge in [-0.3, -0.25) is 4.90 Å². The molecular formula is C12H9FN4. The van der Waals surface area contributed by atoms with Crippen LogP contribution in [0.3, 0.4) is 0 Å². The Balaban J connectivity index is 2.33. The number of nitriles is 1. The summed E-state index contributed by atoms with van der Waals surface area (Å²) >= 11 is 0. The summed E-state index contributed by atoms with van der Waals surface area (Å²) in [4.78, 5) is 1.29. The lowest BCUT2D eigenvalue weighted by molar-refractivity contribution is 0.628. The maximum absolute atomic E-state index is 13.0. The van der Waals surface area contributed by atoms with E-state index in [4.69, 9.17) is 5.26 Å². The average Bonchev–Trinajstić information content (AvgIpc) is 2.38. The second kappa shape index (κ2) is 4.58. The summed E-state index contributed by atoms with van der Waals surface area (Å²) in [5.41, 5.74) is 1.23. The molecule has 1 aromatic carbocycles. The van der Waals surface area contributed by atoms with Gasteiger partial charge in [-0.2, -0.15) is 5.26 Å². The van der Waals surface area contributed by atoms with E-state index in [1.54, 1.807) is 31.3 Å². The van der Waals surface area contributed by atoms with Crippen LogP contribution in [-0.4, -0.2) is 17.2 Å². The van der Waals surface area contributed by atoms with Crippen LogP contribution in [0.1, 0.15) is 0 Å². The first kappa shape index (κ1) is 11.0. The van der Waals surface area contributed by atoms with E-state index in [1.165, 1.54) is 17.0 Å². The molecule has 0 amide bonds. The van der Waals surface area contributed by atoms with Crippen LogP contribution in [0.25, 0.3) is 11.3 Å². The highest BCUT2D eigenvalue weighted by molar-refractivity contribution is 5.59. The minimum Gasteiger partial charge on any atom is -0.265 e. The van der Waals surface area contributed by atoms with Crippen LogP contribution in [-0.2, 0) is 0 Å². The molecule has 2 rings (SSSR count). The van der Waals surface area contributed by atoms with Crippen molar-refractivity contribution in [1.29, 1.82) is 5.26 Å². The molecule has 0 atom stereocenters. The van der Waals surface area contributed by atoms with Crippen LogP contribution in [0.4, 0.5) is 10.2 Å². The lowest BCUT2D eigenvalue weighted by atomic mass is 10.1. The second-order valence-electron chi connectivity index (χ2n) is 3.45. The van der Waals surface area contributed by atoms with Gasteiger partial charge in [0.15, 0.2) is 12.0 Å². The van der Waals surface area contributed by atoms with Crippen LogP contribution in [0.2, 0.25) is 0 Å². The molecule has 0 spiro atoms. The summed E-state index contributed by atoms with van der Waals surface area (Å²) in [6.45, 7) is 0. The third-order valence-electron chi connectivity index (χ3n) is 2.26. The van der Waals surface area contributed by atoms with Crippen molar-refractivity contribution in [2.75, 3.05) is 11.9 Å². The zero-order valence-corrected chi connectivity index (χ0v) is 9.13. The highest BCUT2D eigenvalue weighted by atomic mass is 19.1. The zero-order valence-electron chi connectivity index (χ0n) is 9.13. The number of rotatable bonds is 2. The molecule has 0 saturated heterocycles. The number of halogens is 1. The van der Waals surface area contributed by atoms with E-state index < -0.39 is 0 Å². The van der Waals surface area contributed by atoms with Gasteiger partial charge in [0.05, 0.1) is 5.69 Å². The van der Waals surface area contributed by atoms with Gasteiger partial charge in [-0.1, -0.05) is 12.1 Å². The Labute approximate surface area is 97.9 Å². The molecule has 84 valence electrons. The Hall–Kier alpha value is -2.48. The van der Waals surface area contributed by atoms with E-state index in [1.807, 2.05) is 6.19 Å². The lowest BCUT2D eigenvalue weighted by Gasteiger charge is -2.06. The molecule has 1 heterocycles. The molecule has 2 aromatic rings. The van der Waals surface area contributed by atoms with Gasteiger partial charge in [-0.25, -0.2) is 4.39 Å². The van der Waals surface area contributed by atoms with Crippen molar-refractivity contribution in [3.63, 3.8) is 0 Å². The minimum atomic E-state index is -0.317. The van der Waals surface area contributed by atoms with Gasteiger partial charge in [-0.15, -0.1) is 10.2 Å². The quantitative estimate of drug-likeness (QED) is 0.584. The van der Waals surface area contributed by atoms with Gasteiger partial charge in [0, 0.05) is 12.6 Å². The Kier molecular flexibility index (Phi) is 2.97. The maximum Gasteiger partial charge on any atom is 0.185 e. The molecule has 0 unspecified atom stereocenters. The van der Waals surface area contributed by atoms with Crippen LogP contribution < -0.4 is 4.90 Å². The molecule has 17 heavy (non-hydrogen) atoms. The first-order valence-corrected chi connectivity index (χ1v) is 4.94. The van der Waals surface area contributed by atoms with E-state index in [9.17, 15) is 4.39 Å². The summed E-state index contributed by atoms with van der Waals surface area (Å²) in [6.07, 6.45) is 1.92. The standard InChI is InChI=1S/C12H9FN4/c1-17(8-14)12-6-5-11(15-16-12)9-3-2-4-10(13)7-9/h2-7H,1H3. The number of nitrogens with zero attached hydrogens (tertiary/aromatic N) is 4. The molecule has 0 bridgehead atoms. The van der Waals surface area contributed by atoms with Crippen LogP contribution in [0.15, 0.2) is 36.4 Å². The molecule has 4 nitrogen and oxygen atoms in total. The van der Waals surface area contributed by atoms with Crippen molar-refractivity contribution in [3.8, 4) is 17.5 Å². The fourth-order valence-corrected chi connectivity index (χ4v) is 1.36. The number of hydrogen-bond donors (Lipinski definition) is 0. The summed E-state index contributed by atoms with van der Waals surface area (Å²) in [5.74, 6) is 0.134. The number of aromatic nitrogens is 2. The van der Waals surface area contributed by atoms with Crippen molar-refractivity contribution in [1.82, 2.24) is 10.2 Å². The summed E-state index contributed by atoms with van der Waals surface area (Å²) in [5, 5.41) is 16.5. The second-order valence-corrected chi connectivity index (χ2v) is 3.45. The van der Waals surface area contributed by atoms with E-state index >= 15 is 0 Å². The summed E-state index contributed by atoms with van der Waals surface area (Å²) in [7, 11) is 1.59. The molecule has 0 aliphatic rings. The Bertz CT molecular complexity index is 559. The van der Waals surface area contributed by atoms with E-state index in [0.29, 0.717) is 17.1 Å². The van der Waals surface area contributed by atoms with Gasteiger partial charge in [0.1, 0.15) is 5.82 Å². The first-order valence-electron chi connectivity index (χ1n) is 4.94. The zero-order chi connectivity index (χ0) is 12.3. The molecule has 0 aliphatic carbocycles. The topological polar surface area (TPSA) is 52.8 Å². The third-order valence-corrected chi connectivity index (χ3v) is 2.26. The Morgan fingerprint density at radius 1 is 1.24 bits per heavy atom. The minimum absolute atomic E-state index is 0.317. The van der Waals surface area contributed by atoms with Crippen molar-refractivity contribution in [2.24, 2.45) is 0 Å². The van der Waals surface area contributed by atoms with Gasteiger partial charge in [0.25, 0.3) is 0 Å². The highest BCUT2D eigenvalue weighted by Crippen LogP contribution is 2.18. The molecule has 0 fully saturated rings. The van der Waals surface area contributed by atoms with Gasteiger partial charge < -0.3 is 0 Å². The lowest BCUT2D eigenvalue weighted by Crippen LogP contribution is -2.10. The van der Waals surface area contributed by atoms with E-state index in [0.717, 1.165) is 0 Å². The van der Waals surface area contributed by atoms with E-state index in [-0.39, 0.29) is 5.82 Å². The van der Waals surface area contributed by atoms with Crippen molar-refractivity contribution in [2.45, 2.75) is 0 Å². The van der Waals surface area contributed by atoms with Crippen LogP contribution in [0, 0.1) is 17.3 Å². The maximum atomic E-state index is 13.0. The molecule has 0 saturated carbocycles. The summed E-state index contributed by atoms with van der Waals surface area (Å²) in [6, 6.07) is 9.48. The fourth-order valence-electron chi connectivity index (χ4n) is 1.36. The smallest absolute Gasteiger partial charge is 0.185 e. The van der Waals surface area contributed by atoms with Gasteiger partial charge >= 0.3 is 0 Å². The van der Waals surface area contributed by atoms with Crippen LogP contribution in [0.5, 0.6) is 0 Å². The molecule has 5 heteroatoms. The average molecular weight is 228 g/mol. The normalized spacial score (nSPS) is 9.71. The van der Waals surface area contributed by atoms with Crippen molar-refractivity contribution < 1.29 is 4.39 Å². The number of hydrogen-bond acceptors (Lipinski definition) is 4. The predicted octanol–water partition coefficient (Wildman–Crippen LogP) is 2.20. The SMILES string of the molecule is CN(C#N)c1ccc(-c2cccc(F)c2)nn1. The monoisotopic (exact) mass is 228 g/mol. The third kappa shape index (κ3) is 2.37. The number of anilines is 1. The molecule has 0 aliphatic heterocycles. The van der Waals surface area contributed by atoms with E-state index in [2.05, 4.69) is 10.2 Å².